The fourth-order valence-corrected chi connectivity index (χ4v) is 1.26. The molecule has 1 N–H and O–H groups in total. The number of imide groups is 1. The summed E-state index contributed by atoms with van der Waals surface area (Å²) >= 11 is 0. The van der Waals surface area contributed by atoms with Crippen LogP contribution < -0.4 is 0 Å². The van der Waals surface area contributed by atoms with E-state index in [0.717, 1.165) is 25.7 Å². The Balaban J connectivity index is 2.56. The molecule has 0 aromatic carbocycles. The molecule has 2 amide bonds. The van der Waals surface area contributed by atoms with Crippen LogP contribution in [0.3, 0.4) is 0 Å². The highest BCUT2D eigenvalue weighted by Gasteiger charge is 2.19. The molecule has 12 heavy (non-hydrogen) atoms. The maximum absolute atomic E-state index is 11.0. The van der Waals surface area contributed by atoms with Gasteiger partial charge in [-0.2, -0.15) is 5.06 Å². The summed E-state index contributed by atoms with van der Waals surface area (Å²) in [6, 6.07) is 0. The first-order chi connectivity index (χ1) is 5.72. The average Bonchev–Trinajstić information content (AvgIpc) is 2.12. The SMILES string of the molecule is O=C1CCCCCCC(=O)N1O. The smallest absolute Gasteiger partial charge is 0.253 e. The van der Waals surface area contributed by atoms with E-state index in [0.29, 0.717) is 0 Å². The Hall–Kier alpha value is -0.900. The van der Waals surface area contributed by atoms with E-state index >= 15 is 0 Å². The van der Waals surface area contributed by atoms with Crippen molar-refractivity contribution in [1.82, 2.24) is 5.06 Å². The summed E-state index contributed by atoms with van der Waals surface area (Å²) in [6.45, 7) is 0. The second-order valence-corrected chi connectivity index (χ2v) is 3.01. The Bertz CT molecular complexity index is 171. The third kappa shape index (κ3) is 2.30. The number of carbonyl (C=O) groups is 2. The summed E-state index contributed by atoms with van der Waals surface area (Å²) in [5, 5.41) is 9.28. The van der Waals surface area contributed by atoms with Gasteiger partial charge < -0.3 is 0 Å². The normalized spacial score (nSPS) is 21.6. The summed E-state index contributed by atoms with van der Waals surface area (Å²) in [6.07, 6.45) is 4.02. The molecule has 1 rings (SSSR count). The standard InChI is InChI=1S/C8H13NO3/c10-7-5-3-1-2-4-6-8(11)9(7)12/h12H,1-6H2. The zero-order chi connectivity index (χ0) is 8.97. The van der Waals surface area contributed by atoms with Crippen molar-refractivity contribution in [2.24, 2.45) is 0 Å². The highest BCUT2D eigenvalue weighted by molar-refractivity contribution is 5.93. The zero-order valence-electron chi connectivity index (χ0n) is 6.95. The van der Waals surface area contributed by atoms with E-state index in [1.165, 1.54) is 0 Å². The second-order valence-electron chi connectivity index (χ2n) is 3.01. The number of hydrogen-bond donors (Lipinski definition) is 1. The fourth-order valence-electron chi connectivity index (χ4n) is 1.26. The molecular weight excluding hydrogens is 158 g/mol. The topological polar surface area (TPSA) is 57.6 Å². The lowest BCUT2D eigenvalue weighted by atomic mass is 10.1. The van der Waals surface area contributed by atoms with Gasteiger partial charge in [0, 0.05) is 12.8 Å². The predicted octanol–water partition coefficient (Wildman–Crippen LogP) is 1.08. The van der Waals surface area contributed by atoms with Crippen LogP contribution in [0.15, 0.2) is 0 Å². The number of hydroxylamine groups is 2. The molecule has 4 heteroatoms. The van der Waals surface area contributed by atoms with Crippen LogP contribution in [0.25, 0.3) is 0 Å². The Kier molecular flexibility index (Phi) is 3.22. The lowest BCUT2D eigenvalue weighted by Gasteiger charge is -2.10. The van der Waals surface area contributed by atoms with Crippen LogP contribution >= 0.6 is 0 Å². The van der Waals surface area contributed by atoms with Crippen molar-refractivity contribution in [3.05, 3.63) is 0 Å². The van der Waals surface area contributed by atoms with Crippen LogP contribution in [0.5, 0.6) is 0 Å². The number of amides is 2. The molecule has 68 valence electrons. The number of nitrogens with zero attached hydrogens (tertiary/aromatic N) is 1. The van der Waals surface area contributed by atoms with Crippen molar-refractivity contribution < 1.29 is 14.8 Å². The molecule has 0 bridgehead atoms. The molecule has 4 nitrogen and oxygen atoms in total. The first-order valence-electron chi connectivity index (χ1n) is 4.26. The van der Waals surface area contributed by atoms with Gasteiger partial charge in [0.1, 0.15) is 0 Å². The molecule has 1 saturated heterocycles. The van der Waals surface area contributed by atoms with Crippen molar-refractivity contribution in [2.75, 3.05) is 0 Å². The van der Waals surface area contributed by atoms with Crippen LogP contribution in [0, 0.1) is 0 Å². The van der Waals surface area contributed by atoms with Crippen molar-refractivity contribution in [1.29, 1.82) is 0 Å². The summed E-state index contributed by atoms with van der Waals surface area (Å²) < 4.78 is 0. The van der Waals surface area contributed by atoms with Gasteiger partial charge in [0.15, 0.2) is 0 Å². The fraction of sp³-hybridized carbons (Fsp3) is 0.750. The molecule has 0 saturated carbocycles. The third-order valence-electron chi connectivity index (χ3n) is 2.00. The highest BCUT2D eigenvalue weighted by Crippen LogP contribution is 2.11. The van der Waals surface area contributed by atoms with E-state index in [9.17, 15) is 9.59 Å². The minimum atomic E-state index is -0.470. The van der Waals surface area contributed by atoms with Gasteiger partial charge in [-0.15, -0.1) is 0 Å². The summed E-state index contributed by atoms with van der Waals surface area (Å²) in [5.74, 6) is -0.941. The molecule has 0 aromatic heterocycles. The van der Waals surface area contributed by atoms with Gasteiger partial charge in [-0.1, -0.05) is 12.8 Å². The van der Waals surface area contributed by atoms with Crippen molar-refractivity contribution >= 4 is 11.8 Å². The van der Waals surface area contributed by atoms with E-state index in [4.69, 9.17) is 5.21 Å². The molecule has 0 aliphatic carbocycles. The summed E-state index contributed by atoms with van der Waals surface area (Å²) in [7, 11) is 0. The monoisotopic (exact) mass is 171 g/mol. The van der Waals surface area contributed by atoms with Gasteiger partial charge in [-0.05, 0) is 12.8 Å². The molecule has 0 spiro atoms. The maximum Gasteiger partial charge on any atom is 0.253 e. The Labute approximate surface area is 71.1 Å². The lowest BCUT2D eigenvalue weighted by molar-refractivity contribution is -0.179. The quantitative estimate of drug-likeness (QED) is 0.438. The van der Waals surface area contributed by atoms with Crippen LogP contribution in [0.1, 0.15) is 38.5 Å². The van der Waals surface area contributed by atoms with E-state index in [1.807, 2.05) is 0 Å². The van der Waals surface area contributed by atoms with Crippen LogP contribution in [0.4, 0.5) is 0 Å². The molecule has 1 aliphatic heterocycles. The molecule has 1 heterocycles. The lowest BCUT2D eigenvalue weighted by Crippen LogP contribution is -2.32. The number of hydrogen-bond acceptors (Lipinski definition) is 3. The van der Waals surface area contributed by atoms with Crippen LogP contribution in [-0.4, -0.2) is 22.1 Å². The molecule has 1 fully saturated rings. The number of carbonyl (C=O) groups excluding carboxylic acids is 2. The Morgan fingerprint density at radius 2 is 1.33 bits per heavy atom. The largest absolute Gasteiger partial charge is 0.279 e. The third-order valence-corrected chi connectivity index (χ3v) is 2.00. The van der Waals surface area contributed by atoms with E-state index in [1.54, 1.807) is 0 Å². The first-order valence-corrected chi connectivity index (χ1v) is 4.26. The van der Waals surface area contributed by atoms with E-state index in [2.05, 4.69) is 0 Å². The molecular formula is C8H13NO3. The Morgan fingerprint density at radius 3 is 1.75 bits per heavy atom. The van der Waals surface area contributed by atoms with E-state index in [-0.39, 0.29) is 17.9 Å². The van der Waals surface area contributed by atoms with Crippen molar-refractivity contribution in [3.8, 4) is 0 Å². The minimum absolute atomic E-state index is 0.269. The van der Waals surface area contributed by atoms with Crippen LogP contribution in [-0.2, 0) is 9.59 Å². The Morgan fingerprint density at radius 1 is 0.917 bits per heavy atom. The second kappa shape index (κ2) is 4.21. The van der Waals surface area contributed by atoms with Gasteiger partial charge in [0.2, 0.25) is 0 Å². The first kappa shape index (κ1) is 9.19. The van der Waals surface area contributed by atoms with Crippen molar-refractivity contribution in [2.45, 2.75) is 38.5 Å². The van der Waals surface area contributed by atoms with Gasteiger partial charge in [-0.25, -0.2) is 0 Å². The number of rotatable bonds is 0. The molecule has 1 aliphatic rings. The zero-order valence-corrected chi connectivity index (χ0v) is 6.95. The van der Waals surface area contributed by atoms with Gasteiger partial charge in [0.25, 0.3) is 11.8 Å². The molecule has 0 unspecified atom stereocenters. The summed E-state index contributed by atoms with van der Waals surface area (Å²) in [5.41, 5.74) is 0. The predicted molar refractivity (Wildman–Crippen MR) is 41.3 cm³/mol. The van der Waals surface area contributed by atoms with E-state index < -0.39 is 11.8 Å². The van der Waals surface area contributed by atoms with Gasteiger partial charge in [-0.3, -0.25) is 14.8 Å². The van der Waals surface area contributed by atoms with Crippen LogP contribution in [0.2, 0.25) is 0 Å². The average molecular weight is 171 g/mol. The summed E-state index contributed by atoms with van der Waals surface area (Å²) in [4.78, 5) is 22.0. The highest BCUT2D eigenvalue weighted by atomic mass is 16.5. The van der Waals surface area contributed by atoms with Gasteiger partial charge >= 0.3 is 0 Å². The molecule has 0 atom stereocenters. The molecule has 0 aromatic rings. The maximum atomic E-state index is 11.0. The van der Waals surface area contributed by atoms with Crippen molar-refractivity contribution in [3.63, 3.8) is 0 Å². The molecule has 0 radical (unpaired) electrons. The minimum Gasteiger partial charge on any atom is -0.279 e. The van der Waals surface area contributed by atoms with Gasteiger partial charge in [0.05, 0.1) is 0 Å².